The Kier molecular flexibility index (Phi) is 7.71. The van der Waals surface area contributed by atoms with Crippen LogP contribution >= 0.6 is 0 Å². The highest BCUT2D eigenvalue weighted by Crippen LogP contribution is 2.38. The van der Waals surface area contributed by atoms with Gasteiger partial charge in [0.1, 0.15) is 5.75 Å². The van der Waals surface area contributed by atoms with E-state index in [9.17, 15) is 0 Å². The molecule has 1 nitrogen and oxygen atoms in total. The van der Waals surface area contributed by atoms with Crippen LogP contribution in [-0.4, -0.2) is 6.61 Å². The van der Waals surface area contributed by atoms with Gasteiger partial charge in [0.15, 0.2) is 0 Å². The minimum atomic E-state index is 0.747. The van der Waals surface area contributed by atoms with Crippen molar-refractivity contribution >= 4 is 0 Å². The van der Waals surface area contributed by atoms with E-state index in [2.05, 4.69) is 51.1 Å². The summed E-state index contributed by atoms with van der Waals surface area (Å²) in [6.45, 7) is 7.32. The molecule has 2 rings (SSSR count). The number of hydrogen-bond acceptors (Lipinski definition) is 1. The Balaban J connectivity index is 1.98. The van der Waals surface area contributed by atoms with Crippen molar-refractivity contribution in [2.24, 2.45) is 5.92 Å². The van der Waals surface area contributed by atoms with Gasteiger partial charge in [0.05, 0.1) is 6.61 Å². The SMILES string of the molecule is CCCC=CC1CCC(c2ccc(OCC)c(CCC)c2)CC1. The van der Waals surface area contributed by atoms with Crippen molar-refractivity contribution in [3.8, 4) is 5.75 Å². The van der Waals surface area contributed by atoms with Crippen molar-refractivity contribution in [1.82, 2.24) is 0 Å². The molecular formula is C22H34O. The first-order valence-corrected chi connectivity index (χ1v) is 9.70. The van der Waals surface area contributed by atoms with Gasteiger partial charge < -0.3 is 4.74 Å². The highest BCUT2D eigenvalue weighted by molar-refractivity contribution is 5.39. The van der Waals surface area contributed by atoms with E-state index in [1.54, 1.807) is 0 Å². The topological polar surface area (TPSA) is 9.23 Å². The van der Waals surface area contributed by atoms with Gasteiger partial charge in [0.2, 0.25) is 0 Å². The van der Waals surface area contributed by atoms with Crippen molar-refractivity contribution < 1.29 is 4.74 Å². The van der Waals surface area contributed by atoms with Crippen molar-refractivity contribution in [3.63, 3.8) is 0 Å². The average molecular weight is 315 g/mol. The number of aryl methyl sites for hydroxylation is 1. The fraction of sp³-hybridized carbons (Fsp3) is 0.636. The van der Waals surface area contributed by atoms with Gasteiger partial charge in [0, 0.05) is 0 Å². The predicted octanol–water partition coefficient (Wildman–Crippen LogP) is 6.67. The molecule has 0 aromatic heterocycles. The Morgan fingerprint density at radius 1 is 1.04 bits per heavy atom. The summed E-state index contributed by atoms with van der Waals surface area (Å²) in [5, 5.41) is 0. The molecule has 128 valence electrons. The molecule has 0 radical (unpaired) electrons. The van der Waals surface area contributed by atoms with Gasteiger partial charge in [-0.2, -0.15) is 0 Å². The van der Waals surface area contributed by atoms with E-state index in [1.165, 1.54) is 56.1 Å². The monoisotopic (exact) mass is 314 g/mol. The molecular weight excluding hydrogens is 280 g/mol. The number of unbranched alkanes of at least 4 members (excludes halogenated alkanes) is 1. The first-order valence-electron chi connectivity index (χ1n) is 9.70. The van der Waals surface area contributed by atoms with Crippen LogP contribution in [-0.2, 0) is 6.42 Å². The van der Waals surface area contributed by atoms with E-state index in [0.29, 0.717) is 0 Å². The lowest BCUT2D eigenvalue weighted by molar-refractivity contribution is 0.335. The Labute approximate surface area is 143 Å². The van der Waals surface area contributed by atoms with Gasteiger partial charge in [-0.1, -0.05) is 51.0 Å². The van der Waals surface area contributed by atoms with E-state index in [0.717, 1.165) is 30.6 Å². The summed E-state index contributed by atoms with van der Waals surface area (Å²) in [7, 11) is 0. The third-order valence-corrected chi connectivity index (χ3v) is 5.01. The van der Waals surface area contributed by atoms with Gasteiger partial charge in [-0.05, 0) is 74.5 Å². The normalized spacial score (nSPS) is 21.7. The summed E-state index contributed by atoms with van der Waals surface area (Å²) < 4.78 is 5.79. The number of allylic oxidation sites excluding steroid dienone is 2. The molecule has 0 saturated heterocycles. The van der Waals surface area contributed by atoms with E-state index in [1.807, 2.05) is 0 Å². The smallest absolute Gasteiger partial charge is 0.122 e. The zero-order chi connectivity index (χ0) is 16.5. The number of hydrogen-bond donors (Lipinski definition) is 0. The molecule has 0 bridgehead atoms. The summed E-state index contributed by atoms with van der Waals surface area (Å²) in [5.74, 6) is 2.65. The highest BCUT2D eigenvalue weighted by atomic mass is 16.5. The third-order valence-electron chi connectivity index (χ3n) is 5.01. The van der Waals surface area contributed by atoms with Crippen LogP contribution in [0.1, 0.15) is 82.8 Å². The number of ether oxygens (including phenoxy) is 1. The molecule has 0 N–H and O–H groups in total. The zero-order valence-electron chi connectivity index (χ0n) is 15.3. The van der Waals surface area contributed by atoms with Crippen LogP contribution in [0.25, 0.3) is 0 Å². The fourth-order valence-corrected chi connectivity index (χ4v) is 3.71. The van der Waals surface area contributed by atoms with Gasteiger partial charge in [-0.3, -0.25) is 0 Å². The van der Waals surface area contributed by atoms with Crippen LogP contribution in [0.5, 0.6) is 5.75 Å². The van der Waals surface area contributed by atoms with Crippen LogP contribution < -0.4 is 4.74 Å². The summed E-state index contributed by atoms with van der Waals surface area (Å²) >= 11 is 0. The largest absolute Gasteiger partial charge is 0.494 e. The van der Waals surface area contributed by atoms with Crippen molar-refractivity contribution in [3.05, 3.63) is 41.5 Å². The van der Waals surface area contributed by atoms with Gasteiger partial charge >= 0.3 is 0 Å². The second-order valence-electron chi connectivity index (χ2n) is 6.88. The number of benzene rings is 1. The summed E-state index contributed by atoms with van der Waals surface area (Å²) in [6.07, 6.45) is 15.0. The Morgan fingerprint density at radius 3 is 2.48 bits per heavy atom. The van der Waals surface area contributed by atoms with Crippen LogP contribution in [0.2, 0.25) is 0 Å². The Hall–Kier alpha value is -1.24. The molecule has 1 aliphatic rings. The molecule has 0 unspecified atom stereocenters. The molecule has 1 saturated carbocycles. The van der Waals surface area contributed by atoms with Gasteiger partial charge in [-0.25, -0.2) is 0 Å². The predicted molar refractivity (Wildman–Crippen MR) is 100 cm³/mol. The lowest BCUT2D eigenvalue weighted by Gasteiger charge is -2.27. The summed E-state index contributed by atoms with van der Waals surface area (Å²) in [6, 6.07) is 6.94. The van der Waals surface area contributed by atoms with Crippen LogP contribution in [0.3, 0.4) is 0 Å². The van der Waals surface area contributed by atoms with Crippen molar-refractivity contribution in [2.75, 3.05) is 6.61 Å². The zero-order valence-corrected chi connectivity index (χ0v) is 15.3. The first kappa shape index (κ1) is 18.1. The van der Waals surface area contributed by atoms with Crippen molar-refractivity contribution in [1.29, 1.82) is 0 Å². The molecule has 0 amide bonds. The van der Waals surface area contributed by atoms with Gasteiger partial charge in [0.25, 0.3) is 0 Å². The molecule has 0 heterocycles. The first-order chi connectivity index (χ1) is 11.3. The molecule has 1 aliphatic carbocycles. The molecule has 23 heavy (non-hydrogen) atoms. The number of rotatable bonds is 8. The maximum absolute atomic E-state index is 5.79. The maximum atomic E-state index is 5.79. The lowest BCUT2D eigenvalue weighted by Crippen LogP contribution is -2.12. The van der Waals surface area contributed by atoms with Gasteiger partial charge in [-0.15, -0.1) is 0 Å². The summed E-state index contributed by atoms with van der Waals surface area (Å²) in [4.78, 5) is 0. The van der Waals surface area contributed by atoms with Crippen LogP contribution in [0.15, 0.2) is 30.4 Å². The second kappa shape index (κ2) is 9.80. The van der Waals surface area contributed by atoms with E-state index < -0.39 is 0 Å². The standard InChI is InChI=1S/C22H34O/c1-4-7-8-10-18-11-13-19(14-12-18)20-15-16-22(23-6-3)21(17-20)9-5-2/h8,10,15-19H,4-7,9,11-14H2,1-3H3. The second-order valence-corrected chi connectivity index (χ2v) is 6.88. The van der Waals surface area contributed by atoms with Crippen molar-refractivity contribution in [2.45, 2.75) is 78.1 Å². The molecule has 1 aromatic rings. The minimum absolute atomic E-state index is 0.747. The Bertz CT molecular complexity index is 481. The van der Waals surface area contributed by atoms with E-state index in [4.69, 9.17) is 4.74 Å². The van der Waals surface area contributed by atoms with Crippen LogP contribution in [0.4, 0.5) is 0 Å². The molecule has 0 aliphatic heterocycles. The molecule has 1 heteroatoms. The van der Waals surface area contributed by atoms with Crippen LogP contribution in [0, 0.1) is 5.92 Å². The maximum Gasteiger partial charge on any atom is 0.122 e. The van der Waals surface area contributed by atoms with E-state index in [-0.39, 0.29) is 0 Å². The van der Waals surface area contributed by atoms with E-state index >= 15 is 0 Å². The fourth-order valence-electron chi connectivity index (χ4n) is 3.71. The molecule has 0 spiro atoms. The lowest BCUT2D eigenvalue weighted by atomic mass is 9.78. The molecule has 1 fully saturated rings. The quantitative estimate of drug-likeness (QED) is 0.487. The third kappa shape index (κ3) is 5.41. The minimum Gasteiger partial charge on any atom is -0.494 e. The highest BCUT2D eigenvalue weighted by Gasteiger charge is 2.21. The molecule has 0 atom stereocenters. The summed E-state index contributed by atoms with van der Waals surface area (Å²) in [5.41, 5.74) is 2.93. The Morgan fingerprint density at radius 2 is 1.83 bits per heavy atom. The average Bonchev–Trinajstić information content (AvgIpc) is 2.58. The molecule has 1 aromatic carbocycles.